The van der Waals surface area contributed by atoms with Gasteiger partial charge >= 0.3 is 5.97 Å². The lowest BCUT2D eigenvalue weighted by Crippen LogP contribution is -2.40. The van der Waals surface area contributed by atoms with Gasteiger partial charge in [0, 0.05) is 9.64 Å². The maximum Gasteiger partial charge on any atom is 0.348 e. The fourth-order valence-electron chi connectivity index (χ4n) is 3.48. The standard InChI is InChI=1S/C30H37IO7Si/c1-30(2,3)39(7,8)37-19-21-14-25(35-6)28(36-18-20-12-10-9-11-13-20)26(15-21)38-29(32)27-23(31)16-22(33-4)17-24(27)34-5/h9-17H,18-19H2,1-8H3. The Morgan fingerprint density at radius 3 is 2.05 bits per heavy atom. The number of carbonyl (C=O) groups is 1. The van der Waals surface area contributed by atoms with Crippen molar-refractivity contribution in [1.82, 2.24) is 0 Å². The van der Waals surface area contributed by atoms with Gasteiger partial charge in [-0.25, -0.2) is 4.79 Å². The zero-order valence-corrected chi connectivity index (χ0v) is 27.0. The van der Waals surface area contributed by atoms with E-state index in [2.05, 4.69) is 56.5 Å². The highest BCUT2D eigenvalue weighted by molar-refractivity contribution is 14.1. The summed E-state index contributed by atoms with van der Waals surface area (Å²) in [7, 11) is 2.59. The van der Waals surface area contributed by atoms with Gasteiger partial charge in [0.25, 0.3) is 0 Å². The molecular weight excluding hydrogens is 627 g/mol. The SMILES string of the molecule is COc1cc(I)c(C(=O)Oc2cc(CO[Si](C)(C)C(C)(C)C)cc(OC)c2OCc2ccccc2)c(OC)c1. The van der Waals surface area contributed by atoms with Crippen LogP contribution >= 0.6 is 22.6 Å². The van der Waals surface area contributed by atoms with Gasteiger partial charge in [-0.3, -0.25) is 0 Å². The number of halogens is 1. The van der Waals surface area contributed by atoms with Gasteiger partial charge in [0.1, 0.15) is 23.7 Å². The predicted molar refractivity (Wildman–Crippen MR) is 163 cm³/mol. The Kier molecular flexibility index (Phi) is 10.3. The van der Waals surface area contributed by atoms with Gasteiger partial charge in [-0.1, -0.05) is 51.1 Å². The highest BCUT2D eigenvalue weighted by atomic mass is 127. The molecule has 0 bridgehead atoms. The molecule has 0 aromatic heterocycles. The van der Waals surface area contributed by atoms with Gasteiger partial charge in [-0.2, -0.15) is 0 Å². The monoisotopic (exact) mass is 664 g/mol. The molecule has 3 aromatic rings. The summed E-state index contributed by atoms with van der Waals surface area (Å²) in [5.74, 6) is 1.34. The Bertz CT molecular complexity index is 1290. The average molecular weight is 665 g/mol. The van der Waals surface area contributed by atoms with Crippen LogP contribution in [0.4, 0.5) is 0 Å². The number of rotatable bonds is 11. The second kappa shape index (κ2) is 13.1. The van der Waals surface area contributed by atoms with E-state index in [0.717, 1.165) is 11.1 Å². The van der Waals surface area contributed by atoms with E-state index < -0.39 is 14.3 Å². The van der Waals surface area contributed by atoms with E-state index in [-0.39, 0.29) is 23.0 Å². The predicted octanol–water partition coefficient (Wildman–Crippen LogP) is 7.64. The highest BCUT2D eigenvalue weighted by Gasteiger charge is 2.37. The van der Waals surface area contributed by atoms with Gasteiger partial charge < -0.3 is 28.1 Å². The van der Waals surface area contributed by atoms with Crippen LogP contribution in [-0.4, -0.2) is 35.6 Å². The fourth-order valence-corrected chi connectivity index (χ4v) is 5.23. The quantitative estimate of drug-likeness (QED) is 0.0904. The molecule has 0 unspecified atom stereocenters. The van der Waals surface area contributed by atoms with Crippen molar-refractivity contribution >= 4 is 36.9 Å². The van der Waals surface area contributed by atoms with Crippen LogP contribution in [0.3, 0.4) is 0 Å². The summed E-state index contributed by atoms with van der Waals surface area (Å²) in [4.78, 5) is 13.5. The first kappa shape index (κ1) is 30.8. The molecule has 0 amide bonds. The molecule has 3 aromatic carbocycles. The Hall–Kier alpha value is -2.76. The van der Waals surface area contributed by atoms with Crippen molar-refractivity contribution in [3.05, 3.63) is 74.9 Å². The van der Waals surface area contributed by atoms with E-state index in [1.807, 2.05) is 36.4 Å². The number of hydrogen-bond donors (Lipinski definition) is 0. The van der Waals surface area contributed by atoms with Crippen molar-refractivity contribution in [2.45, 2.75) is 52.1 Å². The maximum atomic E-state index is 13.5. The van der Waals surface area contributed by atoms with Crippen molar-refractivity contribution in [1.29, 1.82) is 0 Å². The number of methoxy groups -OCH3 is 3. The Balaban J connectivity index is 2.02. The fraction of sp³-hybridized carbons (Fsp3) is 0.367. The molecule has 0 N–H and O–H groups in total. The first-order chi connectivity index (χ1) is 18.4. The molecule has 39 heavy (non-hydrogen) atoms. The first-order valence-corrected chi connectivity index (χ1v) is 16.5. The van der Waals surface area contributed by atoms with Crippen molar-refractivity contribution < 1.29 is 32.9 Å². The van der Waals surface area contributed by atoms with Crippen LogP contribution in [0, 0.1) is 3.57 Å². The van der Waals surface area contributed by atoms with Crippen LogP contribution in [-0.2, 0) is 17.6 Å². The molecule has 0 radical (unpaired) electrons. The van der Waals surface area contributed by atoms with Crippen molar-refractivity contribution in [2.24, 2.45) is 0 Å². The molecule has 0 fully saturated rings. The number of ether oxygens (including phenoxy) is 5. The zero-order chi connectivity index (χ0) is 28.8. The number of hydrogen-bond acceptors (Lipinski definition) is 7. The molecule has 0 saturated carbocycles. The average Bonchev–Trinajstić information content (AvgIpc) is 2.90. The van der Waals surface area contributed by atoms with Crippen LogP contribution in [0.15, 0.2) is 54.6 Å². The Morgan fingerprint density at radius 1 is 0.821 bits per heavy atom. The first-order valence-electron chi connectivity index (χ1n) is 12.6. The summed E-state index contributed by atoms with van der Waals surface area (Å²) in [6.07, 6.45) is 0. The van der Waals surface area contributed by atoms with E-state index in [1.54, 1.807) is 32.4 Å². The summed E-state index contributed by atoms with van der Waals surface area (Å²) in [5, 5.41) is 0.0483. The van der Waals surface area contributed by atoms with Crippen molar-refractivity contribution in [3.63, 3.8) is 0 Å². The highest BCUT2D eigenvalue weighted by Crippen LogP contribution is 2.42. The molecule has 0 atom stereocenters. The van der Waals surface area contributed by atoms with Crippen molar-refractivity contribution in [3.8, 4) is 28.7 Å². The smallest absolute Gasteiger partial charge is 0.348 e. The second-order valence-electron chi connectivity index (χ2n) is 10.5. The molecule has 0 spiro atoms. The zero-order valence-electron chi connectivity index (χ0n) is 23.8. The third kappa shape index (κ3) is 7.67. The summed E-state index contributed by atoms with van der Waals surface area (Å²) >= 11 is 2.07. The van der Waals surface area contributed by atoms with Gasteiger partial charge in [0.05, 0.1) is 27.9 Å². The largest absolute Gasteiger partial charge is 0.497 e. The molecule has 3 rings (SSSR count). The Labute approximate surface area is 246 Å². The minimum Gasteiger partial charge on any atom is -0.497 e. The number of carbonyl (C=O) groups excluding carboxylic acids is 1. The summed E-state index contributed by atoms with van der Waals surface area (Å²) < 4.78 is 35.7. The molecular formula is C30H37IO7Si. The molecule has 7 nitrogen and oxygen atoms in total. The summed E-state index contributed by atoms with van der Waals surface area (Å²) in [6, 6.07) is 16.8. The molecule has 9 heteroatoms. The maximum absolute atomic E-state index is 13.5. The van der Waals surface area contributed by atoms with E-state index in [9.17, 15) is 4.79 Å². The van der Waals surface area contributed by atoms with E-state index >= 15 is 0 Å². The van der Waals surface area contributed by atoms with E-state index in [0.29, 0.717) is 33.2 Å². The minimum absolute atomic E-state index is 0.0483. The number of esters is 1. The van der Waals surface area contributed by atoms with E-state index in [1.165, 1.54) is 7.11 Å². The molecule has 0 heterocycles. The van der Waals surface area contributed by atoms with Crippen molar-refractivity contribution in [2.75, 3.05) is 21.3 Å². The Morgan fingerprint density at radius 2 is 1.46 bits per heavy atom. The molecule has 0 saturated heterocycles. The number of benzene rings is 3. The van der Waals surface area contributed by atoms with Crippen LogP contribution < -0.4 is 23.7 Å². The second-order valence-corrected chi connectivity index (χ2v) is 16.5. The third-order valence-corrected chi connectivity index (χ3v) is 12.2. The van der Waals surface area contributed by atoms with Gasteiger partial charge in [-0.15, -0.1) is 0 Å². The molecule has 0 aliphatic heterocycles. The minimum atomic E-state index is -2.03. The summed E-state index contributed by atoms with van der Waals surface area (Å²) in [6.45, 7) is 11.6. The van der Waals surface area contributed by atoms with Crippen LogP contribution in [0.2, 0.25) is 18.1 Å². The molecule has 0 aliphatic rings. The van der Waals surface area contributed by atoms with Gasteiger partial charge in [0.15, 0.2) is 19.8 Å². The van der Waals surface area contributed by atoms with Crippen LogP contribution in [0.5, 0.6) is 28.7 Å². The van der Waals surface area contributed by atoms with Crippen LogP contribution in [0.25, 0.3) is 0 Å². The lowest BCUT2D eigenvalue weighted by Gasteiger charge is -2.36. The molecule has 210 valence electrons. The lowest BCUT2D eigenvalue weighted by atomic mass is 10.1. The van der Waals surface area contributed by atoms with Crippen LogP contribution in [0.1, 0.15) is 42.3 Å². The van der Waals surface area contributed by atoms with Gasteiger partial charge in [0.2, 0.25) is 5.75 Å². The normalized spacial score (nSPS) is 11.6. The van der Waals surface area contributed by atoms with Gasteiger partial charge in [-0.05, 0) is 70.0 Å². The molecule has 0 aliphatic carbocycles. The topological polar surface area (TPSA) is 72.5 Å². The summed E-state index contributed by atoms with van der Waals surface area (Å²) in [5.41, 5.74) is 2.06. The lowest BCUT2D eigenvalue weighted by molar-refractivity contribution is 0.0721. The van der Waals surface area contributed by atoms with E-state index in [4.69, 9.17) is 28.1 Å². The third-order valence-electron chi connectivity index (χ3n) is 6.82.